The summed E-state index contributed by atoms with van der Waals surface area (Å²) in [5, 5.41) is 12.6. The molecule has 0 bridgehead atoms. The molecule has 0 radical (unpaired) electrons. The fourth-order valence-electron chi connectivity index (χ4n) is 3.06. The average Bonchev–Trinajstić information content (AvgIpc) is 3.10. The molecule has 1 N–H and O–H groups in total. The first-order valence-corrected chi connectivity index (χ1v) is 10.5. The normalized spacial score (nSPS) is 12.0. The number of aryl methyl sites for hydroxylation is 1. The van der Waals surface area contributed by atoms with Crippen LogP contribution in [0.15, 0.2) is 59.8 Å². The van der Waals surface area contributed by atoms with E-state index >= 15 is 0 Å². The number of thioether (sulfide) groups is 1. The van der Waals surface area contributed by atoms with E-state index in [0.717, 1.165) is 35.1 Å². The maximum atomic E-state index is 12.4. The highest BCUT2D eigenvalue weighted by atomic mass is 32.2. The topological polar surface area (TPSA) is 59.8 Å². The van der Waals surface area contributed by atoms with Gasteiger partial charge in [-0.3, -0.25) is 4.79 Å². The summed E-state index contributed by atoms with van der Waals surface area (Å²) in [5.74, 6) is 1.16. The van der Waals surface area contributed by atoms with Crippen molar-refractivity contribution in [1.82, 2.24) is 20.1 Å². The number of hydrogen-bond acceptors (Lipinski definition) is 4. The summed E-state index contributed by atoms with van der Waals surface area (Å²) in [4.78, 5) is 12.4. The van der Waals surface area contributed by atoms with Crippen LogP contribution in [-0.2, 0) is 11.3 Å². The first kappa shape index (κ1) is 20.1. The van der Waals surface area contributed by atoms with Crippen molar-refractivity contribution in [3.63, 3.8) is 0 Å². The Morgan fingerprint density at radius 3 is 2.64 bits per heavy atom. The van der Waals surface area contributed by atoms with Crippen LogP contribution in [0.2, 0.25) is 0 Å². The molecule has 0 spiro atoms. The largest absolute Gasteiger partial charge is 0.349 e. The second kappa shape index (κ2) is 9.55. The van der Waals surface area contributed by atoms with Gasteiger partial charge in [-0.05, 0) is 31.9 Å². The Balaban J connectivity index is 1.68. The van der Waals surface area contributed by atoms with Crippen molar-refractivity contribution in [1.29, 1.82) is 0 Å². The van der Waals surface area contributed by atoms with Gasteiger partial charge in [0.25, 0.3) is 0 Å². The monoisotopic (exact) mass is 394 g/mol. The molecular formula is C22H26N4OS. The smallest absolute Gasteiger partial charge is 0.230 e. The molecule has 5 nitrogen and oxygen atoms in total. The Kier molecular flexibility index (Phi) is 6.87. The van der Waals surface area contributed by atoms with E-state index in [1.165, 1.54) is 17.3 Å². The molecule has 0 aliphatic rings. The van der Waals surface area contributed by atoms with E-state index in [1.807, 2.05) is 49.4 Å². The molecule has 146 valence electrons. The highest BCUT2D eigenvalue weighted by Crippen LogP contribution is 2.25. The van der Waals surface area contributed by atoms with Gasteiger partial charge in [0.2, 0.25) is 5.91 Å². The van der Waals surface area contributed by atoms with Crippen LogP contribution in [0.3, 0.4) is 0 Å². The van der Waals surface area contributed by atoms with Crippen LogP contribution >= 0.6 is 11.8 Å². The molecule has 28 heavy (non-hydrogen) atoms. The molecule has 6 heteroatoms. The summed E-state index contributed by atoms with van der Waals surface area (Å²) in [6, 6.07) is 18.2. The Labute approximate surface area is 170 Å². The third-order valence-corrected chi connectivity index (χ3v) is 5.42. The SMILES string of the molecule is CCCn1c(SCC(=O)NC(C)c2ccccc2)nnc1-c1cccc(C)c1. The minimum absolute atomic E-state index is 0.00972. The molecule has 0 saturated heterocycles. The molecule has 0 fully saturated rings. The molecule has 0 aliphatic carbocycles. The van der Waals surface area contributed by atoms with E-state index in [-0.39, 0.29) is 11.9 Å². The van der Waals surface area contributed by atoms with E-state index < -0.39 is 0 Å². The Hall–Kier alpha value is -2.60. The number of nitrogens with one attached hydrogen (secondary N) is 1. The lowest BCUT2D eigenvalue weighted by atomic mass is 10.1. The van der Waals surface area contributed by atoms with E-state index in [2.05, 4.69) is 46.1 Å². The van der Waals surface area contributed by atoms with Crippen LogP contribution in [0.4, 0.5) is 0 Å². The Bertz CT molecular complexity index is 923. The van der Waals surface area contributed by atoms with Gasteiger partial charge in [-0.2, -0.15) is 0 Å². The number of benzene rings is 2. The van der Waals surface area contributed by atoms with Crippen molar-refractivity contribution < 1.29 is 4.79 Å². The van der Waals surface area contributed by atoms with Crippen LogP contribution in [-0.4, -0.2) is 26.4 Å². The van der Waals surface area contributed by atoms with E-state index in [1.54, 1.807) is 0 Å². The highest BCUT2D eigenvalue weighted by molar-refractivity contribution is 7.99. The number of amides is 1. The van der Waals surface area contributed by atoms with Crippen LogP contribution in [0.25, 0.3) is 11.4 Å². The first-order chi connectivity index (χ1) is 13.6. The molecule has 0 saturated carbocycles. The molecule has 0 aliphatic heterocycles. The summed E-state index contributed by atoms with van der Waals surface area (Å²) >= 11 is 1.43. The number of nitrogens with zero attached hydrogens (tertiary/aromatic N) is 3. The van der Waals surface area contributed by atoms with Gasteiger partial charge in [0.1, 0.15) is 0 Å². The van der Waals surface area contributed by atoms with Crippen LogP contribution in [0.5, 0.6) is 0 Å². The van der Waals surface area contributed by atoms with Crippen molar-refractivity contribution in [2.75, 3.05) is 5.75 Å². The predicted molar refractivity (Wildman–Crippen MR) is 114 cm³/mol. The quantitative estimate of drug-likeness (QED) is 0.566. The van der Waals surface area contributed by atoms with Crippen LogP contribution in [0.1, 0.15) is 37.4 Å². The lowest BCUT2D eigenvalue weighted by Gasteiger charge is -2.14. The van der Waals surface area contributed by atoms with Gasteiger partial charge >= 0.3 is 0 Å². The standard InChI is InChI=1S/C22H26N4OS/c1-4-13-26-21(19-12-8-9-16(2)14-19)24-25-22(26)28-15-20(27)23-17(3)18-10-6-5-7-11-18/h5-12,14,17H,4,13,15H2,1-3H3,(H,23,27). The van der Waals surface area contributed by atoms with Crippen molar-refractivity contribution in [3.05, 3.63) is 65.7 Å². The molecule has 1 heterocycles. The molecule has 1 amide bonds. The van der Waals surface area contributed by atoms with Gasteiger partial charge in [-0.1, -0.05) is 72.8 Å². The third kappa shape index (κ3) is 5.01. The van der Waals surface area contributed by atoms with E-state index in [0.29, 0.717) is 5.75 Å². The minimum Gasteiger partial charge on any atom is -0.349 e. The summed E-state index contributed by atoms with van der Waals surface area (Å²) in [7, 11) is 0. The van der Waals surface area contributed by atoms with Crippen molar-refractivity contribution in [3.8, 4) is 11.4 Å². The maximum Gasteiger partial charge on any atom is 0.230 e. The Morgan fingerprint density at radius 2 is 1.93 bits per heavy atom. The molecule has 2 aromatic carbocycles. The van der Waals surface area contributed by atoms with Crippen molar-refractivity contribution in [2.45, 2.75) is 44.9 Å². The molecule has 1 atom stereocenters. The summed E-state index contributed by atoms with van der Waals surface area (Å²) in [5.41, 5.74) is 3.33. The number of hydrogen-bond donors (Lipinski definition) is 1. The molecule has 3 rings (SSSR count). The van der Waals surface area contributed by atoms with Crippen LogP contribution < -0.4 is 5.32 Å². The molecule has 1 unspecified atom stereocenters. The lowest BCUT2D eigenvalue weighted by Crippen LogP contribution is -2.28. The second-order valence-electron chi connectivity index (χ2n) is 6.82. The zero-order valence-electron chi connectivity index (χ0n) is 16.6. The molecular weight excluding hydrogens is 368 g/mol. The second-order valence-corrected chi connectivity index (χ2v) is 7.76. The van der Waals surface area contributed by atoms with Crippen LogP contribution in [0, 0.1) is 6.92 Å². The summed E-state index contributed by atoms with van der Waals surface area (Å²) < 4.78 is 2.10. The number of aromatic nitrogens is 3. The fourth-order valence-corrected chi connectivity index (χ4v) is 3.83. The first-order valence-electron chi connectivity index (χ1n) is 9.55. The van der Waals surface area contributed by atoms with Crippen molar-refractivity contribution >= 4 is 17.7 Å². The summed E-state index contributed by atoms with van der Waals surface area (Å²) in [6.45, 7) is 7.01. The zero-order chi connectivity index (χ0) is 19.9. The van der Waals surface area contributed by atoms with Gasteiger partial charge in [0.15, 0.2) is 11.0 Å². The fraction of sp³-hybridized carbons (Fsp3) is 0.318. The number of carbonyl (C=O) groups is 1. The van der Waals surface area contributed by atoms with Crippen molar-refractivity contribution in [2.24, 2.45) is 0 Å². The maximum absolute atomic E-state index is 12.4. The van der Waals surface area contributed by atoms with Gasteiger partial charge in [0, 0.05) is 12.1 Å². The Morgan fingerprint density at radius 1 is 1.14 bits per heavy atom. The molecule has 3 aromatic rings. The van der Waals surface area contributed by atoms with E-state index in [4.69, 9.17) is 0 Å². The van der Waals surface area contributed by atoms with Gasteiger partial charge in [-0.25, -0.2) is 0 Å². The van der Waals surface area contributed by atoms with Gasteiger partial charge < -0.3 is 9.88 Å². The third-order valence-electron chi connectivity index (χ3n) is 4.45. The lowest BCUT2D eigenvalue weighted by molar-refractivity contribution is -0.119. The molecule has 1 aromatic heterocycles. The number of rotatable bonds is 8. The summed E-state index contributed by atoms with van der Waals surface area (Å²) in [6.07, 6.45) is 0.974. The highest BCUT2D eigenvalue weighted by Gasteiger charge is 2.16. The van der Waals surface area contributed by atoms with E-state index in [9.17, 15) is 4.79 Å². The predicted octanol–water partition coefficient (Wildman–Crippen LogP) is 4.63. The van der Waals surface area contributed by atoms with Gasteiger partial charge in [0.05, 0.1) is 11.8 Å². The minimum atomic E-state index is -0.0225. The average molecular weight is 395 g/mol. The van der Waals surface area contributed by atoms with Gasteiger partial charge in [-0.15, -0.1) is 10.2 Å². The zero-order valence-corrected chi connectivity index (χ0v) is 17.4. The number of carbonyl (C=O) groups excluding carboxylic acids is 1.